The van der Waals surface area contributed by atoms with E-state index in [-0.39, 0.29) is 11.6 Å². The number of phenolic OH excluding ortho intramolecular Hbond substituents is 1. The van der Waals surface area contributed by atoms with E-state index >= 15 is 0 Å². The fourth-order valence-corrected chi connectivity index (χ4v) is 4.55. The molecule has 1 atom stereocenters. The highest BCUT2D eigenvalue weighted by Crippen LogP contribution is 2.47. The number of likely N-dealkylation sites (tertiary alicyclic amines) is 1. The van der Waals surface area contributed by atoms with Crippen LogP contribution in [0.15, 0.2) is 36.7 Å². The highest BCUT2D eigenvalue weighted by molar-refractivity contribution is 6.00. The fourth-order valence-electron chi connectivity index (χ4n) is 4.55. The number of benzene rings is 1. The summed E-state index contributed by atoms with van der Waals surface area (Å²) in [6, 6.07) is 4.82. The van der Waals surface area contributed by atoms with Gasteiger partial charge in [-0.1, -0.05) is 0 Å². The first kappa shape index (κ1) is 20.0. The predicted octanol–water partition coefficient (Wildman–Crippen LogP) is 4.45. The smallest absolute Gasteiger partial charge is 0.416 e. The predicted molar refractivity (Wildman–Crippen MR) is 111 cm³/mol. The third-order valence-electron chi connectivity index (χ3n) is 6.59. The molecule has 0 bridgehead atoms. The summed E-state index contributed by atoms with van der Waals surface area (Å²) < 4.78 is 38.9. The van der Waals surface area contributed by atoms with Crippen LogP contribution in [0.3, 0.4) is 0 Å². The molecule has 2 aliphatic rings. The zero-order chi connectivity index (χ0) is 21.8. The number of nitrogens with one attached hydrogen (secondary N) is 1. The van der Waals surface area contributed by atoms with E-state index in [1.165, 1.54) is 18.9 Å². The standard InChI is InChI=1S/C22H22F3N5O/c1-30-12-14(4-6-21(30)7-8-21)27-20-17-11-26-9-5-15(17)19(28-29-20)16-3-2-13(10-18(16)31)22(23,24)25/h2-3,5,9-11,14,31H,4,6-8,12H2,1H3,(H,27,29)/t14-/m0/s1. The van der Waals surface area contributed by atoms with Gasteiger partial charge < -0.3 is 10.4 Å². The SMILES string of the molecule is CN1C[C@@H](Nc2nnc(-c3ccc(C(F)(F)F)cc3O)c3ccncc23)CCC12CC2. The molecule has 2 fully saturated rings. The summed E-state index contributed by atoms with van der Waals surface area (Å²) in [4.78, 5) is 6.60. The quantitative estimate of drug-likeness (QED) is 0.641. The number of pyridine rings is 1. The number of fused-ring (bicyclic) bond motifs is 1. The number of phenols is 1. The molecule has 0 amide bonds. The molecule has 3 heterocycles. The maximum absolute atomic E-state index is 13.0. The van der Waals surface area contributed by atoms with E-state index in [2.05, 4.69) is 32.4 Å². The molecule has 31 heavy (non-hydrogen) atoms. The lowest BCUT2D eigenvalue weighted by Crippen LogP contribution is -2.47. The number of hydrogen-bond acceptors (Lipinski definition) is 6. The van der Waals surface area contributed by atoms with Crippen LogP contribution < -0.4 is 5.32 Å². The number of nitrogens with zero attached hydrogens (tertiary/aromatic N) is 4. The molecule has 1 spiro atoms. The zero-order valence-electron chi connectivity index (χ0n) is 16.9. The normalized spacial score (nSPS) is 20.8. The molecule has 0 unspecified atom stereocenters. The Morgan fingerprint density at radius 2 is 1.94 bits per heavy atom. The van der Waals surface area contributed by atoms with Gasteiger partial charge in [-0.05, 0) is 57.0 Å². The van der Waals surface area contributed by atoms with Crippen LogP contribution in [0.4, 0.5) is 19.0 Å². The van der Waals surface area contributed by atoms with Crippen molar-refractivity contribution in [3.8, 4) is 17.0 Å². The molecule has 1 saturated heterocycles. The molecule has 1 aliphatic heterocycles. The van der Waals surface area contributed by atoms with Crippen LogP contribution in [0.5, 0.6) is 5.75 Å². The van der Waals surface area contributed by atoms with Crippen LogP contribution in [-0.4, -0.2) is 50.4 Å². The van der Waals surface area contributed by atoms with Gasteiger partial charge in [-0.2, -0.15) is 13.2 Å². The van der Waals surface area contributed by atoms with Crippen molar-refractivity contribution in [1.82, 2.24) is 20.1 Å². The van der Waals surface area contributed by atoms with Gasteiger partial charge in [0.05, 0.1) is 5.56 Å². The average Bonchev–Trinajstić information content (AvgIpc) is 3.52. The third kappa shape index (κ3) is 3.56. The van der Waals surface area contributed by atoms with Gasteiger partial charge in [0, 0.05) is 46.9 Å². The van der Waals surface area contributed by atoms with Gasteiger partial charge in [-0.3, -0.25) is 9.88 Å². The largest absolute Gasteiger partial charge is 0.507 e. The second kappa shape index (κ2) is 7.05. The van der Waals surface area contributed by atoms with Crippen molar-refractivity contribution in [2.24, 2.45) is 0 Å². The van der Waals surface area contributed by atoms with Gasteiger partial charge in [0.15, 0.2) is 5.82 Å². The number of aromatic nitrogens is 3. The molecule has 3 aromatic rings. The monoisotopic (exact) mass is 429 g/mol. The first-order chi connectivity index (χ1) is 14.8. The molecule has 0 radical (unpaired) electrons. The van der Waals surface area contributed by atoms with Crippen molar-refractivity contribution >= 4 is 16.6 Å². The fraction of sp³-hybridized carbons (Fsp3) is 0.409. The summed E-state index contributed by atoms with van der Waals surface area (Å²) in [6.45, 7) is 0.908. The van der Waals surface area contributed by atoms with Crippen molar-refractivity contribution < 1.29 is 18.3 Å². The Kier molecular flexibility index (Phi) is 4.55. The van der Waals surface area contributed by atoms with Crippen LogP contribution in [0.1, 0.15) is 31.2 Å². The van der Waals surface area contributed by atoms with E-state index in [1.807, 2.05) is 0 Å². The van der Waals surface area contributed by atoms with Crippen molar-refractivity contribution in [2.45, 2.75) is 43.4 Å². The summed E-state index contributed by atoms with van der Waals surface area (Å²) in [5.74, 6) is 0.0926. The maximum atomic E-state index is 13.0. The minimum atomic E-state index is -4.53. The Bertz CT molecular complexity index is 1150. The van der Waals surface area contributed by atoms with Gasteiger partial charge in [-0.25, -0.2) is 0 Å². The Hall–Kier alpha value is -2.94. The van der Waals surface area contributed by atoms with E-state index in [1.54, 1.807) is 18.5 Å². The number of aromatic hydroxyl groups is 1. The lowest BCUT2D eigenvalue weighted by molar-refractivity contribution is -0.137. The average molecular weight is 429 g/mol. The summed E-state index contributed by atoms with van der Waals surface area (Å²) in [7, 11) is 2.16. The highest BCUT2D eigenvalue weighted by Gasteiger charge is 2.48. The van der Waals surface area contributed by atoms with Gasteiger partial charge >= 0.3 is 6.18 Å². The van der Waals surface area contributed by atoms with E-state index in [0.717, 1.165) is 25.5 Å². The Morgan fingerprint density at radius 3 is 2.61 bits per heavy atom. The number of anilines is 1. The van der Waals surface area contributed by atoms with Crippen LogP contribution in [0.2, 0.25) is 0 Å². The first-order valence-corrected chi connectivity index (χ1v) is 10.3. The molecule has 162 valence electrons. The second-order valence-corrected chi connectivity index (χ2v) is 8.53. The van der Waals surface area contributed by atoms with Crippen LogP contribution in [-0.2, 0) is 6.18 Å². The molecule has 2 aromatic heterocycles. The Balaban J connectivity index is 1.48. The lowest BCUT2D eigenvalue weighted by atomic mass is 9.96. The summed E-state index contributed by atoms with van der Waals surface area (Å²) in [5.41, 5.74) is -0.0266. The van der Waals surface area contributed by atoms with Crippen molar-refractivity contribution in [3.63, 3.8) is 0 Å². The molecule has 6 nitrogen and oxygen atoms in total. The number of halogens is 3. The van der Waals surface area contributed by atoms with E-state index in [9.17, 15) is 18.3 Å². The molecule has 1 aliphatic carbocycles. The number of hydrogen-bond donors (Lipinski definition) is 2. The number of likely N-dealkylation sites (N-methyl/N-ethyl adjacent to an activating group) is 1. The van der Waals surface area contributed by atoms with Crippen molar-refractivity contribution in [2.75, 3.05) is 18.9 Å². The number of alkyl halides is 3. The minimum Gasteiger partial charge on any atom is -0.507 e. The van der Waals surface area contributed by atoms with E-state index < -0.39 is 17.5 Å². The van der Waals surface area contributed by atoms with E-state index in [4.69, 9.17) is 0 Å². The molecular weight excluding hydrogens is 407 g/mol. The number of rotatable bonds is 3. The van der Waals surface area contributed by atoms with Crippen molar-refractivity contribution in [3.05, 3.63) is 42.2 Å². The van der Waals surface area contributed by atoms with Gasteiger partial charge in [0.1, 0.15) is 11.4 Å². The zero-order valence-corrected chi connectivity index (χ0v) is 16.9. The molecule has 1 saturated carbocycles. The summed E-state index contributed by atoms with van der Waals surface area (Å²) in [5, 5.41) is 23.7. The Morgan fingerprint density at radius 1 is 1.13 bits per heavy atom. The van der Waals surface area contributed by atoms with Crippen LogP contribution >= 0.6 is 0 Å². The molecule has 1 aromatic carbocycles. The molecular formula is C22H22F3N5O. The van der Waals surface area contributed by atoms with E-state index in [0.29, 0.717) is 33.9 Å². The summed E-state index contributed by atoms with van der Waals surface area (Å²) >= 11 is 0. The lowest BCUT2D eigenvalue weighted by Gasteiger charge is -2.38. The van der Waals surface area contributed by atoms with Gasteiger partial charge in [0.2, 0.25) is 0 Å². The third-order valence-corrected chi connectivity index (χ3v) is 6.59. The van der Waals surface area contributed by atoms with Gasteiger partial charge in [-0.15, -0.1) is 10.2 Å². The Labute approximate surface area is 177 Å². The molecule has 5 rings (SSSR count). The van der Waals surface area contributed by atoms with Crippen molar-refractivity contribution in [1.29, 1.82) is 0 Å². The van der Waals surface area contributed by atoms with Crippen LogP contribution in [0, 0.1) is 0 Å². The first-order valence-electron chi connectivity index (χ1n) is 10.3. The summed E-state index contributed by atoms with van der Waals surface area (Å²) in [6.07, 6.45) is 3.41. The van der Waals surface area contributed by atoms with Gasteiger partial charge in [0.25, 0.3) is 0 Å². The minimum absolute atomic E-state index is 0.191. The van der Waals surface area contributed by atoms with Crippen LogP contribution in [0.25, 0.3) is 22.0 Å². The second-order valence-electron chi connectivity index (χ2n) is 8.53. The topological polar surface area (TPSA) is 74.2 Å². The maximum Gasteiger partial charge on any atom is 0.416 e. The molecule has 2 N–H and O–H groups in total. The molecule has 9 heteroatoms. The highest BCUT2D eigenvalue weighted by atomic mass is 19.4. The number of piperidine rings is 1.